The molecule has 0 aliphatic rings. The Morgan fingerprint density at radius 2 is 1.94 bits per heavy atom. The highest BCUT2D eigenvalue weighted by Crippen LogP contribution is 2.29. The van der Waals surface area contributed by atoms with Gasteiger partial charge in [-0.1, -0.05) is 49.6 Å². The third-order valence-corrected chi connectivity index (χ3v) is 5.37. The number of benzene rings is 2. The van der Waals surface area contributed by atoms with Crippen LogP contribution in [-0.2, 0) is 0 Å². The Morgan fingerprint density at radius 1 is 1.15 bits per heavy atom. The molecular weight excluding hydrogens is 432 g/mol. The van der Waals surface area contributed by atoms with Crippen molar-refractivity contribution in [2.45, 2.75) is 13.8 Å². The van der Waals surface area contributed by atoms with E-state index in [-0.39, 0.29) is 16.6 Å². The number of aliphatic imine (C=N–C) groups is 1. The van der Waals surface area contributed by atoms with Crippen molar-refractivity contribution in [1.82, 2.24) is 20.2 Å². The number of aromatic nitrogens is 4. The molecule has 0 bridgehead atoms. The molecule has 0 radical (unpaired) electrons. The normalized spacial score (nSPS) is 13.6. The SMILES string of the molecule is C=C/C(=C\N=CC)C(=C)/C(F)=c1/c(-c2nc3c(-c4cccc(F)c4)cccc3[nH]2)n[nH]/c1=C/C. The molecule has 0 aliphatic carbocycles. The summed E-state index contributed by atoms with van der Waals surface area (Å²) in [6.07, 6.45) is 6.31. The molecule has 2 N–H and O–H groups in total. The van der Waals surface area contributed by atoms with Gasteiger partial charge in [-0.15, -0.1) is 0 Å². The van der Waals surface area contributed by atoms with E-state index < -0.39 is 5.83 Å². The van der Waals surface area contributed by atoms with Crippen LogP contribution in [0.1, 0.15) is 13.8 Å². The van der Waals surface area contributed by atoms with E-state index >= 15 is 4.39 Å². The molecule has 0 aliphatic heterocycles. The molecule has 2 aromatic heterocycles. The number of fused-ring (bicyclic) bond motifs is 1. The molecule has 5 nitrogen and oxygen atoms in total. The first kappa shape index (κ1) is 22.8. The van der Waals surface area contributed by atoms with Gasteiger partial charge in [0.2, 0.25) is 0 Å². The largest absolute Gasteiger partial charge is 0.337 e. The summed E-state index contributed by atoms with van der Waals surface area (Å²) in [6, 6.07) is 11.9. The molecule has 0 unspecified atom stereocenters. The number of H-pyrrole nitrogens is 2. The van der Waals surface area contributed by atoms with E-state index in [4.69, 9.17) is 4.98 Å². The maximum absolute atomic E-state index is 15.8. The molecular formula is C27H23F2N5. The van der Waals surface area contributed by atoms with Crippen LogP contribution in [0, 0.1) is 5.82 Å². The van der Waals surface area contributed by atoms with Crippen LogP contribution < -0.4 is 10.6 Å². The first-order chi connectivity index (χ1) is 16.5. The van der Waals surface area contributed by atoms with Crippen molar-refractivity contribution in [1.29, 1.82) is 0 Å². The zero-order chi connectivity index (χ0) is 24.2. The second-order valence-electron chi connectivity index (χ2n) is 7.44. The lowest BCUT2D eigenvalue weighted by Gasteiger charge is -2.03. The van der Waals surface area contributed by atoms with Crippen LogP contribution in [0.5, 0.6) is 0 Å². The number of para-hydroxylation sites is 1. The van der Waals surface area contributed by atoms with Crippen LogP contribution in [0.15, 0.2) is 84.0 Å². The van der Waals surface area contributed by atoms with E-state index in [1.807, 2.05) is 24.3 Å². The Hall–Kier alpha value is -4.39. The van der Waals surface area contributed by atoms with Crippen molar-refractivity contribution in [3.63, 3.8) is 0 Å². The van der Waals surface area contributed by atoms with E-state index in [2.05, 4.69) is 33.3 Å². The predicted octanol–water partition coefficient (Wildman–Crippen LogP) is 5.35. The fraction of sp³-hybridized carbons (Fsp3) is 0.0741. The number of imidazole rings is 1. The van der Waals surface area contributed by atoms with Crippen molar-refractivity contribution in [2.24, 2.45) is 4.99 Å². The van der Waals surface area contributed by atoms with Gasteiger partial charge < -0.3 is 4.98 Å². The minimum Gasteiger partial charge on any atom is -0.337 e. The average molecular weight is 456 g/mol. The molecule has 0 saturated carbocycles. The van der Waals surface area contributed by atoms with Crippen molar-refractivity contribution >= 4 is 29.2 Å². The summed E-state index contributed by atoms with van der Waals surface area (Å²) in [5.74, 6) is -0.534. The molecule has 34 heavy (non-hydrogen) atoms. The number of nitrogens with zero attached hydrogens (tertiary/aromatic N) is 3. The van der Waals surface area contributed by atoms with Crippen molar-refractivity contribution in [3.8, 4) is 22.6 Å². The van der Waals surface area contributed by atoms with E-state index in [0.29, 0.717) is 33.5 Å². The molecule has 170 valence electrons. The van der Waals surface area contributed by atoms with Gasteiger partial charge in [0, 0.05) is 29.1 Å². The van der Waals surface area contributed by atoms with Gasteiger partial charge >= 0.3 is 0 Å². The second-order valence-corrected chi connectivity index (χ2v) is 7.44. The number of rotatable bonds is 6. The topological polar surface area (TPSA) is 69.7 Å². The Balaban J connectivity index is 1.94. The molecule has 2 heterocycles. The van der Waals surface area contributed by atoms with E-state index in [0.717, 1.165) is 11.1 Å². The second kappa shape index (κ2) is 9.62. The monoisotopic (exact) mass is 455 g/mol. The van der Waals surface area contributed by atoms with Gasteiger partial charge in [-0.2, -0.15) is 5.10 Å². The minimum atomic E-state index is -0.569. The Labute approximate surface area is 195 Å². The Kier molecular flexibility index (Phi) is 6.45. The van der Waals surface area contributed by atoms with Crippen molar-refractivity contribution < 1.29 is 8.78 Å². The van der Waals surface area contributed by atoms with Gasteiger partial charge in [0.25, 0.3) is 0 Å². The van der Waals surface area contributed by atoms with Gasteiger partial charge in [0.05, 0.1) is 21.6 Å². The van der Waals surface area contributed by atoms with E-state index in [1.54, 1.807) is 32.2 Å². The number of aromatic amines is 2. The average Bonchev–Trinajstić information content (AvgIpc) is 3.47. The fourth-order valence-corrected chi connectivity index (χ4v) is 3.68. The highest BCUT2D eigenvalue weighted by atomic mass is 19.1. The quantitative estimate of drug-likeness (QED) is 0.304. The summed E-state index contributed by atoms with van der Waals surface area (Å²) in [4.78, 5) is 12.0. The van der Waals surface area contributed by atoms with Crippen molar-refractivity contribution in [2.75, 3.05) is 0 Å². The molecule has 0 atom stereocenters. The lowest BCUT2D eigenvalue weighted by Crippen LogP contribution is -2.26. The van der Waals surface area contributed by atoms with Crippen LogP contribution in [0.25, 0.3) is 45.6 Å². The minimum absolute atomic E-state index is 0.128. The Morgan fingerprint density at radius 3 is 2.65 bits per heavy atom. The zero-order valence-corrected chi connectivity index (χ0v) is 18.9. The van der Waals surface area contributed by atoms with Crippen LogP contribution in [0.2, 0.25) is 0 Å². The molecule has 4 aromatic rings. The zero-order valence-electron chi connectivity index (χ0n) is 18.9. The number of hydrogen-bond donors (Lipinski definition) is 2. The van der Waals surface area contributed by atoms with E-state index in [9.17, 15) is 4.39 Å². The van der Waals surface area contributed by atoms with Gasteiger partial charge in [-0.05, 0) is 37.6 Å². The van der Waals surface area contributed by atoms with Crippen LogP contribution in [-0.4, -0.2) is 26.4 Å². The smallest absolute Gasteiger partial charge is 0.159 e. The molecule has 0 amide bonds. The first-order valence-electron chi connectivity index (χ1n) is 10.6. The maximum Gasteiger partial charge on any atom is 0.159 e. The molecule has 2 aromatic carbocycles. The maximum atomic E-state index is 15.8. The molecule has 4 rings (SSSR count). The third kappa shape index (κ3) is 4.15. The lowest BCUT2D eigenvalue weighted by atomic mass is 10.0. The van der Waals surface area contributed by atoms with Gasteiger partial charge in [-0.3, -0.25) is 10.1 Å². The molecule has 0 fully saturated rings. The van der Waals surface area contributed by atoms with Crippen molar-refractivity contribution in [3.05, 3.63) is 95.4 Å². The van der Waals surface area contributed by atoms with Crippen LogP contribution in [0.3, 0.4) is 0 Å². The number of allylic oxidation sites excluding steroid dienone is 3. The van der Waals surface area contributed by atoms with Gasteiger partial charge in [0.15, 0.2) is 5.82 Å². The first-order valence-corrected chi connectivity index (χ1v) is 10.6. The summed E-state index contributed by atoms with van der Waals surface area (Å²) in [5.41, 5.74) is 3.67. The van der Waals surface area contributed by atoms with Gasteiger partial charge in [-0.25, -0.2) is 13.8 Å². The Bertz CT molecular complexity index is 1580. The number of hydrogen-bond acceptors (Lipinski definition) is 3. The predicted molar refractivity (Wildman–Crippen MR) is 135 cm³/mol. The standard InChI is InChI=1S/C27H23F2N5/c1-5-17(15-30-7-3)16(4)24(29)23-21(6-2)33-34-26(23)27-31-22-13-9-12-20(25(22)32-27)18-10-8-11-19(28)14-18/h5-15,33H,1,4H2,2-3H3,(H,31,32)/b17-15+,21-6+,24-23-,30-7?. The highest BCUT2D eigenvalue weighted by Gasteiger charge is 2.18. The number of nitrogens with one attached hydrogen (secondary N) is 2. The molecule has 0 saturated heterocycles. The van der Waals surface area contributed by atoms with Crippen LogP contribution >= 0.6 is 0 Å². The van der Waals surface area contributed by atoms with E-state index in [1.165, 1.54) is 24.4 Å². The molecule has 7 heteroatoms. The number of halogens is 2. The molecule has 0 spiro atoms. The lowest BCUT2D eigenvalue weighted by molar-refractivity contribution is 0.628. The fourth-order valence-electron chi connectivity index (χ4n) is 3.68. The summed E-state index contributed by atoms with van der Waals surface area (Å²) in [6.45, 7) is 11.2. The van der Waals surface area contributed by atoms with Crippen LogP contribution in [0.4, 0.5) is 8.78 Å². The van der Waals surface area contributed by atoms with Gasteiger partial charge in [0.1, 0.15) is 17.3 Å². The summed E-state index contributed by atoms with van der Waals surface area (Å²) < 4.78 is 29.6. The summed E-state index contributed by atoms with van der Waals surface area (Å²) >= 11 is 0. The third-order valence-electron chi connectivity index (χ3n) is 5.37. The highest BCUT2D eigenvalue weighted by molar-refractivity contribution is 5.93. The summed E-state index contributed by atoms with van der Waals surface area (Å²) in [5, 5.41) is 7.91. The summed E-state index contributed by atoms with van der Waals surface area (Å²) in [7, 11) is 0.